The molecule has 0 bridgehead atoms. The van der Waals surface area contributed by atoms with Crippen LogP contribution in [-0.4, -0.2) is 62.0 Å². The number of hydrogen-bond donors (Lipinski definition) is 1. The van der Waals surface area contributed by atoms with Gasteiger partial charge in [0.05, 0.1) is 12.6 Å². The maximum Gasteiger partial charge on any atom is 0.410 e. The minimum absolute atomic E-state index is 0.0104. The lowest BCUT2D eigenvalue weighted by Crippen LogP contribution is -2.59. The average molecular weight is 251 g/mol. The summed E-state index contributed by atoms with van der Waals surface area (Å²) in [5.74, 6) is 0. The van der Waals surface area contributed by atoms with Crippen molar-refractivity contribution < 1.29 is 31.4 Å². The molecular weight excluding hydrogens is 242 g/mol. The highest BCUT2D eigenvalue weighted by Crippen LogP contribution is 2.34. The van der Waals surface area contributed by atoms with Gasteiger partial charge in [0.2, 0.25) is 0 Å². The van der Waals surface area contributed by atoms with Crippen LogP contribution in [0.3, 0.4) is 0 Å². The summed E-state index contributed by atoms with van der Waals surface area (Å²) < 4.78 is 36.3. The molecule has 90 valence electrons. The van der Waals surface area contributed by atoms with Gasteiger partial charge in [-0.15, -0.1) is 0 Å². The van der Waals surface area contributed by atoms with Crippen molar-refractivity contribution >= 4 is 16.5 Å². The number of carbonyl (C=O) groups is 1. The van der Waals surface area contributed by atoms with Crippen molar-refractivity contribution in [3.05, 3.63) is 0 Å². The van der Waals surface area contributed by atoms with Gasteiger partial charge in [-0.3, -0.25) is 4.90 Å². The van der Waals surface area contributed by atoms with Crippen LogP contribution in [-0.2, 0) is 23.5 Å². The number of aliphatic hydroxyl groups is 1. The van der Waals surface area contributed by atoms with Gasteiger partial charge in [0.1, 0.15) is 24.9 Å². The highest BCUT2D eigenvalue weighted by atomic mass is 32.3. The van der Waals surface area contributed by atoms with E-state index < -0.39 is 40.8 Å². The summed E-state index contributed by atoms with van der Waals surface area (Å²) in [6.07, 6.45) is -3.51. The molecule has 16 heavy (non-hydrogen) atoms. The number of cyclic esters (lactones) is 1. The molecule has 9 heteroatoms. The van der Waals surface area contributed by atoms with E-state index in [0.717, 1.165) is 0 Å². The minimum Gasteiger partial charge on any atom is -0.447 e. The summed E-state index contributed by atoms with van der Waals surface area (Å²) in [5.41, 5.74) is 0. The van der Waals surface area contributed by atoms with Gasteiger partial charge in [0.15, 0.2) is 0 Å². The fraction of sp³-hybridized carbons (Fsp3) is 0.857. The Morgan fingerprint density at radius 1 is 1.31 bits per heavy atom. The largest absolute Gasteiger partial charge is 0.447 e. The number of ether oxygens (including phenoxy) is 1. The van der Waals surface area contributed by atoms with E-state index in [1.54, 1.807) is 0 Å². The molecule has 3 fully saturated rings. The quantitative estimate of drug-likeness (QED) is 0.542. The SMILES string of the molecule is O=C1OCC2[C@H]3OS(=O)(=O)OC3[C@@H](O)CN12. The molecule has 0 saturated carbocycles. The molecule has 0 radical (unpaired) electrons. The maximum absolute atomic E-state index is 11.3. The Bertz CT molecular complexity index is 434. The number of nitrogens with zero attached hydrogens (tertiary/aromatic N) is 1. The second-order valence-electron chi connectivity index (χ2n) is 3.89. The van der Waals surface area contributed by atoms with E-state index in [0.29, 0.717) is 0 Å². The number of piperidine rings is 1. The summed E-state index contributed by atoms with van der Waals surface area (Å²) in [5, 5.41) is 9.66. The van der Waals surface area contributed by atoms with E-state index in [1.807, 2.05) is 0 Å². The zero-order chi connectivity index (χ0) is 11.5. The number of carbonyl (C=O) groups excluding carboxylic acids is 1. The number of fused-ring (bicyclic) bond motifs is 3. The van der Waals surface area contributed by atoms with E-state index >= 15 is 0 Å². The van der Waals surface area contributed by atoms with Crippen LogP contribution in [0.15, 0.2) is 0 Å². The van der Waals surface area contributed by atoms with Crippen LogP contribution >= 0.6 is 0 Å². The summed E-state index contributed by atoms with van der Waals surface area (Å²) in [7, 11) is -4.07. The van der Waals surface area contributed by atoms with Crippen molar-refractivity contribution in [2.24, 2.45) is 0 Å². The summed E-state index contributed by atoms with van der Waals surface area (Å²) in [6.45, 7) is 0.0369. The van der Waals surface area contributed by atoms with Crippen molar-refractivity contribution in [3.63, 3.8) is 0 Å². The standard InChI is InChI=1S/C7H9NO7S/c9-4-1-8-3(2-13-7(8)10)5-6(4)15-16(11,12)14-5/h3-6,9H,1-2H2/t3?,4-,5+,6?/m0/s1. The smallest absolute Gasteiger partial charge is 0.410 e. The van der Waals surface area contributed by atoms with E-state index in [9.17, 15) is 18.3 Å². The highest BCUT2D eigenvalue weighted by molar-refractivity contribution is 7.82. The van der Waals surface area contributed by atoms with E-state index in [-0.39, 0.29) is 13.2 Å². The first-order valence-corrected chi connectivity index (χ1v) is 6.04. The molecule has 0 aromatic heterocycles. The van der Waals surface area contributed by atoms with Crippen molar-refractivity contribution in [2.75, 3.05) is 13.2 Å². The lowest BCUT2D eigenvalue weighted by Gasteiger charge is -2.35. The van der Waals surface area contributed by atoms with Gasteiger partial charge < -0.3 is 9.84 Å². The summed E-state index contributed by atoms with van der Waals surface area (Å²) in [6, 6.07) is -0.516. The fourth-order valence-electron chi connectivity index (χ4n) is 2.22. The van der Waals surface area contributed by atoms with Crippen LogP contribution in [0.4, 0.5) is 4.79 Å². The maximum atomic E-state index is 11.3. The first-order valence-electron chi connectivity index (χ1n) is 4.71. The van der Waals surface area contributed by atoms with Gasteiger partial charge in [-0.2, -0.15) is 8.42 Å². The molecule has 1 amide bonds. The van der Waals surface area contributed by atoms with Crippen LogP contribution in [0.25, 0.3) is 0 Å². The first-order chi connectivity index (χ1) is 7.48. The molecule has 4 atom stereocenters. The molecule has 3 heterocycles. The third-order valence-corrected chi connectivity index (χ3v) is 3.85. The van der Waals surface area contributed by atoms with Gasteiger partial charge in [-0.05, 0) is 0 Å². The molecule has 3 aliphatic heterocycles. The molecule has 3 aliphatic rings. The Labute approximate surface area is 91.0 Å². The number of amides is 1. The number of hydrogen-bond acceptors (Lipinski definition) is 7. The van der Waals surface area contributed by atoms with Crippen LogP contribution in [0.1, 0.15) is 0 Å². The van der Waals surface area contributed by atoms with Gasteiger partial charge in [-0.25, -0.2) is 13.2 Å². The van der Waals surface area contributed by atoms with E-state index in [2.05, 4.69) is 4.18 Å². The molecule has 0 aromatic carbocycles. The molecule has 2 unspecified atom stereocenters. The van der Waals surface area contributed by atoms with Crippen molar-refractivity contribution in [1.29, 1.82) is 0 Å². The van der Waals surface area contributed by atoms with Crippen LogP contribution in [0, 0.1) is 0 Å². The molecule has 3 rings (SSSR count). The van der Waals surface area contributed by atoms with Gasteiger partial charge in [0.25, 0.3) is 0 Å². The predicted octanol–water partition coefficient (Wildman–Crippen LogP) is -1.79. The normalized spacial score (nSPS) is 45.1. The molecular formula is C7H9NO7S. The Kier molecular flexibility index (Phi) is 1.97. The van der Waals surface area contributed by atoms with Gasteiger partial charge in [0, 0.05) is 0 Å². The van der Waals surface area contributed by atoms with Crippen LogP contribution < -0.4 is 0 Å². The zero-order valence-corrected chi connectivity index (χ0v) is 8.79. The third kappa shape index (κ3) is 1.32. The second kappa shape index (κ2) is 3.06. The lowest BCUT2D eigenvalue weighted by atomic mass is 9.95. The van der Waals surface area contributed by atoms with Crippen LogP contribution in [0.2, 0.25) is 0 Å². The number of aliphatic hydroxyl groups excluding tert-OH is 1. The van der Waals surface area contributed by atoms with E-state index in [1.165, 1.54) is 4.90 Å². The first kappa shape index (κ1) is 10.3. The van der Waals surface area contributed by atoms with Gasteiger partial charge in [-0.1, -0.05) is 0 Å². The predicted molar refractivity (Wildman–Crippen MR) is 46.5 cm³/mol. The Balaban J connectivity index is 1.94. The van der Waals surface area contributed by atoms with Crippen molar-refractivity contribution in [1.82, 2.24) is 4.90 Å². The van der Waals surface area contributed by atoms with E-state index in [4.69, 9.17) is 8.92 Å². The lowest BCUT2D eigenvalue weighted by molar-refractivity contribution is -0.0536. The molecule has 0 spiro atoms. The van der Waals surface area contributed by atoms with Crippen molar-refractivity contribution in [3.8, 4) is 0 Å². The molecule has 3 saturated heterocycles. The fourth-order valence-corrected chi connectivity index (χ4v) is 3.29. The second-order valence-corrected chi connectivity index (χ2v) is 5.10. The monoisotopic (exact) mass is 251 g/mol. The molecule has 1 N–H and O–H groups in total. The van der Waals surface area contributed by atoms with Gasteiger partial charge >= 0.3 is 16.5 Å². The minimum atomic E-state index is -4.07. The topological polar surface area (TPSA) is 102 Å². The molecule has 0 aromatic rings. The molecule has 8 nitrogen and oxygen atoms in total. The Morgan fingerprint density at radius 3 is 2.75 bits per heavy atom. The third-order valence-electron chi connectivity index (χ3n) is 2.94. The summed E-state index contributed by atoms with van der Waals surface area (Å²) in [4.78, 5) is 12.5. The number of rotatable bonds is 0. The van der Waals surface area contributed by atoms with Crippen LogP contribution in [0.5, 0.6) is 0 Å². The zero-order valence-electron chi connectivity index (χ0n) is 7.98. The molecule has 0 aliphatic carbocycles. The Morgan fingerprint density at radius 2 is 2.00 bits per heavy atom. The average Bonchev–Trinajstić information content (AvgIpc) is 2.68. The van der Waals surface area contributed by atoms with Crippen molar-refractivity contribution in [2.45, 2.75) is 24.4 Å². The summed E-state index contributed by atoms with van der Waals surface area (Å²) >= 11 is 0. The Hall–Kier alpha value is -0.900. The highest BCUT2D eigenvalue weighted by Gasteiger charge is 2.57.